The topological polar surface area (TPSA) is 46.2 Å². The SMILES string of the molecule is CS(=O)(=O)C1CCCC1NCCC1=CCCC1. The van der Waals surface area contributed by atoms with Gasteiger partial charge in [-0.05, 0) is 45.1 Å². The molecule has 0 aromatic carbocycles. The molecule has 1 saturated carbocycles. The van der Waals surface area contributed by atoms with Gasteiger partial charge in [0.05, 0.1) is 5.25 Å². The number of allylic oxidation sites excluding steroid dienone is 1. The summed E-state index contributed by atoms with van der Waals surface area (Å²) in [4.78, 5) is 0. The fourth-order valence-corrected chi connectivity index (χ4v) is 4.48. The van der Waals surface area contributed by atoms with Crippen molar-refractivity contribution in [3.8, 4) is 0 Å². The molecule has 2 unspecified atom stereocenters. The molecule has 4 heteroatoms. The van der Waals surface area contributed by atoms with E-state index in [1.54, 1.807) is 5.57 Å². The maximum absolute atomic E-state index is 11.6. The number of nitrogens with one attached hydrogen (secondary N) is 1. The standard InChI is InChI=1S/C13H23NO2S/c1-17(15,16)13-8-4-7-12(13)14-10-9-11-5-2-3-6-11/h5,12-14H,2-4,6-10H2,1H3. The molecule has 1 fully saturated rings. The van der Waals surface area contributed by atoms with Crippen molar-refractivity contribution in [3.05, 3.63) is 11.6 Å². The fraction of sp³-hybridized carbons (Fsp3) is 0.846. The number of hydrogen-bond donors (Lipinski definition) is 1. The van der Waals surface area contributed by atoms with Crippen LogP contribution in [0.2, 0.25) is 0 Å². The van der Waals surface area contributed by atoms with Crippen LogP contribution < -0.4 is 5.32 Å². The highest BCUT2D eigenvalue weighted by atomic mass is 32.2. The third kappa shape index (κ3) is 3.55. The lowest BCUT2D eigenvalue weighted by Gasteiger charge is -2.19. The summed E-state index contributed by atoms with van der Waals surface area (Å²) in [6.45, 7) is 0.933. The third-order valence-corrected chi connectivity index (χ3v) is 5.65. The van der Waals surface area contributed by atoms with Gasteiger partial charge in [0.1, 0.15) is 0 Å². The molecule has 2 atom stereocenters. The Morgan fingerprint density at radius 2 is 2.18 bits per heavy atom. The lowest BCUT2D eigenvalue weighted by atomic mass is 10.1. The van der Waals surface area contributed by atoms with Crippen molar-refractivity contribution in [2.24, 2.45) is 0 Å². The zero-order chi connectivity index (χ0) is 12.3. The highest BCUT2D eigenvalue weighted by Crippen LogP contribution is 2.25. The third-order valence-electron chi connectivity index (χ3n) is 3.99. The first-order valence-electron chi connectivity index (χ1n) is 6.67. The second-order valence-electron chi connectivity index (χ2n) is 5.36. The van der Waals surface area contributed by atoms with E-state index >= 15 is 0 Å². The second kappa shape index (κ2) is 5.53. The van der Waals surface area contributed by atoms with Crippen LogP contribution >= 0.6 is 0 Å². The van der Waals surface area contributed by atoms with Gasteiger partial charge in [-0.1, -0.05) is 18.1 Å². The van der Waals surface area contributed by atoms with E-state index in [0.29, 0.717) is 0 Å². The van der Waals surface area contributed by atoms with E-state index in [0.717, 1.165) is 32.2 Å². The lowest BCUT2D eigenvalue weighted by molar-refractivity contribution is 0.509. The van der Waals surface area contributed by atoms with Crippen LogP contribution in [-0.2, 0) is 9.84 Å². The highest BCUT2D eigenvalue weighted by Gasteiger charge is 2.34. The van der Waals surface area contributed by atoms with Gasteiger partial charge in [0.2, 0.25) is 0 Å². The van der Waals surface area contributed by atoms with Gasteiger partial charge in [0, 0.05) is 12.3 Å². The molecule has 17 heavy (non-hydrogen) atoms. The number of hydrogen-bond acceptors (Lipinski definition) is 3. The first-order chi connectivity index (χ1) is 8.07. The highest BCUT2D eigenvalue weighted by molar-refractivity contribution is 7.91. The zero-order valence-electron chi connectivity index (χ0n) is 10.6. The van der Waals surface area contributed by atoms with Crippen LogP contribution in [0.3, 0.4) is 0 Å². The monoisotopic (exact) mass is 257 g/mol. The van der Waals surface area contributed by atoms with Crippen LogP contribution in [0, 0.1) is 0 Å². The molecule has 0 aromatic heterocycles. The predicted molar refractivity (Wildman–Crippen MR) is 70.8 cm³/mol. The van der Waals surface area contributed by atoms with Crippen molar-refractivity contribution in [1.29, 1.82) is 0 Å². The Balaban J connectivity index is 1.78. The van der Waals surface area contributed by atoms with Crippen LogP contribution in [0.4, 0.5) is 0 Å². The molecule has 1 N–H and O–H groups in total. The van der Waals surface area contributed by atoms with Crippen LogP contribution in [-0.4, -0.2) is 32.5 Å². The zero-order valence-corrected chi connectivity index (χ0v) is 11.4. The van der Waals surface area contributed by atoms with Crippen LogP contribution in [0.5, 0.6) is 0 Å². The van der Waals surface area contributed by atoms with E-state index in [1.165, 1.54) is 25.5 Å². The minimum absolute atomic E-state index is 0.153. The molecule has 2 aliphatic carbocycles. The van der Waals surface area contributed by atoms with Crippen LogP contribution in [0.15, 0.2) is 11.6 Å². The molecule has 0 bridgehead atoms. The summed E-state index contributed by atoms with van der Waals surface area (Å²) in [6, 6.07) is 0.187. The molecule has 2 aliphatic rings. The molecule has 0 saturated heterocycles. The Morgan fingerprint density at radius 1 is 1.35 bits per heavy atom. The van der Waals surface area contributed by atoms with Crippen LogP contribution in [0.25, 0.3) is 0 Å². The van der Waals surface area contributed by atoms with Gasteiger partial charge < -0.3 is 5.32 Å². The number of rotatable bonds is 5. The minimum Gasteiger partial charge on any atom is -0.312 e. The average molecular weight is 257 g/mol. The van der Waals surface area contributed by atoms with Crippen molar-refractivity contribution in [3.63, 3.8) is 0 Å². The van der Waals surface area contributed by atoms with E-state index in [2.05, 4.69) is 11.4 Å². The molecule has 2 rings (SSSR count). The van der Waals surface area contributed by atoms with E-state index < -0.39 is 9.84 Å². The van der Waals surface area contributed by atoms with Gasteiger partial charge in [0.15, 0.2) is 9.84 Å². The molecular weight excluding hydrogens is 234 g/mol. The lowest BCUT2D eigenvalue weighted by Crippen LogP contribution is -2.40. The summed E-state index contributed by atoms with van der Waals surface area (Å²) in [5.41, 5.74) is 1.55. The van der Waals surface area contributed by atoms with E-state index in [9.17, 15) is 8.42 Å². The Hall–Kier alpha value is -0.350. The maximum atomic E-state index is 11.6. The fourth-order valence-electron chi connectivity index (χ4n) is 3.05. The maximum Gasteiger partial charge on any atom is 0.151 e. The van der Waals surface area contributed by atoms with Crippen molar-refractivity contribution in [1.82, 2.24) is 5.32 Å². The van der Waals surface area contributed by atoms with E-state index in [-0.39, 0.29) is 11.3 Å². The summed E-state index contributed by atoms with van der Waals surface area (Å²) in [6.07, 6.45) is 11.4. The van der Waals surface area contributed by atoms with Gasteiger partial charge in [-0.25, -0.2) is 8.42 Å². The van der Waals surface area contributed by atoms with Gasteiger partial charge >= 0.3 is 0 Å². The molecular formula is C13H23NO2S. The Bertz CT molecular complexity index is 386. The van der Waals surface area contributed by atoms with Crippen molar-refractivity contribution >= 4 is 9.84 Å². The molecule has 0 spiro atoms. The molecule has 0 aromatic rings. The average Bonchev–Trinajstić information content (AvgIpc) is 2.86. The van der Waals surface area contributed by atoms with Gasteiger partial charge in [0.25, 0.3) is 0 Å². The Morgan fingerprint density at radius 3 is 2.82 bits per heavy atom. The second-order valence-corrected chi connectivity index (χ2v) is 7.63. The van der Waals surface area contributed by atoms with Gasteiger partial charge in [-0.2, -0.15) is 0 Å². The summed E-state index contributed by atoms with van der Waals surface area (Å²) in [5.74, 6) is 0. The smallest absolute Gasteiger partial charge is 0.151 e. The summed E-state index contributed by atoms with van der Waals surface area (Å²) in [7, 11) is -2.88. The molecule has 0 aliphatic heterocycles. The molecule has 98 valence electrons. The van der Waals surface area contributed by atoms with Gasteiger partial charge in [-0.15, -0.1) is 0 Å². The summed E-state index contributed by atoms with van der Waals surface area (Å²) in [5, 5.41) is 3.29. The number of sulfone groups is 1. The van der Waals surface area contributed by atoms with E-state index in [4.69, 9.17) is 0 Å². The molecule has 0 heterocycles. The molecule has 0 amide bonds. The Labute approximate surface area is 105 Å². The summed E-state index contributed by atoms with van der Waals surface area (Å²) >= 11 is 0. The molecule has 0 radical (unpaired) electrons. The first kappa shape index (κ1) is 13.1. The van der Waals surface area contributed by atoms with E-state index in [1.807, 2.05) is 0 Å². The predicted octanol–water partition coefficient (Wildman–Crippen LogP) is 2.04. The minimum atomic E-state index is -2.88. The summed E-state index contributed by atoms with van der Waals surface area (Å²) < 4.78 is 23.2. The molecule has 3 nitrogen and oxygen atoms in total. The van der Waals surface area contributed by atoms with Crippen molar-refractivity contribution in [2.75, 3.05) is 12.8 Å². The van der Waals surface area contributed by atoms with Crippen LogP contribution in [0.1, 0.15) is 44.9 Å². The quantitative estimate of drug-likeness (QED) is 0.767. The normalized spacial score (nSPS) is 29.6. The van der Waals surface area contributed by atoms with Gasteiger partial charge in [-0.3, -0.25) is 0 Å². The van der Waals surface area contributed by atoms with Crippen molar-refractivity contribution < 1.29 is 8.42 Å². The van der Waals surface area contributed by atoms with Crippen molar-refractivity contribution in [2.45, 2.75) is 56.2 Å². The largest absolute Gasteiger partial charge is 0.312 e. The Kier molecular flexibility index (Phi) is 4.26. The first-order valence-corrected chi connectivity index (χ1v) is 8.63.